The van der Waals surface area contributed by atoms with Crippen LogP contribution in [-0.4, -0.2) is 37.3 Å². The van der Waals surface area contributed by atoms with E-state index in [1.54, 1.807) is 0 Å². The number of carboxylic acids is 1. The van der Waals surface area contributed by atoms with Crippen molar-refractivity contribution in [3.8, 4) is 0 Å². The van der Waals surface area contributed by atoms with Gasteiger partial charge in [-0.2, -0.15) is 0 Å². The van der Waals surface area contributed by atoms with Crippen LogP contribution >= 0.6 is 0 Å². The van der Waals surface area contributed by atoms with E-state index in [9.17, 15) is 9.90 Å². The summed E-state index contributed by atoms with van der Waals surface area (Å²) in [5.41, 5.74) is 0.155. The Balaban J connectivity index is 2.16. The van der Waals surface area contributed by atoms with Crippen molar-refractivity contribution in [2.45, 2.75) is 6.42 Å². The Kier molecular flexibility index (Phi) is 3.25. The second-order valence-electron chi connectivity index (χ2n) is 2.80. The zero-order chi connectivity index (χ0) is 8.97. The Bertz CT molecular complexity index is 185. The van der Waals surface area contributed by atoms with Crippen molar-refractivity contribution in [2.75, 3.05) is 26.4 Å². The number of hydrogen-bond acceptors (Lipinski definition) is 4. The molecule has 0 aliphatic carbocycles. The average molecular weight is 170 g/mol. The normalized spacial score (nSPS) is 18.0. The molecule has 1 aliphatic heterocycles. The van der Waals surface area contributed by atoms with Crippen LogP contribution < -0.4 is 5.11 Å². The maximum Gasteiger partial charge on any atom is 0.0991 e. The first kappa shape index (κ1) is 9.22. The number of rotatable bonds is 4. The quantitative estimate of drug-likeness (QED) is 0.506. The maximum absolute atomic E-state index is 10.2. The summed E-state index contributed by atoms with van der Waals surface area (Å²) in [4.78, 5) is 12.3. The molecule has 0 aromatic rings. The number of carbonyl (C=O) groups is 1. The summed E-state index contributed by atoms with van der Waals surface area (Å²) >= 11 is 0. The lowest BCUT2D eigenvalue weighted by Crippen LogP contribution is -2.27. The standard InChI is InChI=1S/C8H13NO3/c1-7(8(10)11)2-3-9-4-5-12-6-9/h1-6H2,(H,10,11)/p-1. The lowest BCUT2D eigenvalue weighted by atomic mass is 10.2. The molecule has 0 aromatic carbocycles. The fraction of sp³-hybridized carbons (Fsp3) is 0.625. The molecule has 1 fully saturated rings. The van der Waals surface area contributed by atoms with Gasteiger partial charge in [-0.25, -0.2) is 0 Å². The molecule has 0 N–H and O–H groups in total. The summed E-state index contributed by atoms with van der Waals surface area (Å²) in [5.74, 6) is -1.16. The minimum Gasteiger partial charge on any atom is -0.545 e. The predicted molar refractivity (Wildman–Crippen MR) is 41.2 cm³/mol. The highest BCUT2D eigenvalue weighted by Crippen LogP contribution is 2.03. The molecule has 12 heavy (non-hydrogen) atoms. The van der Waals surface area contributed by atoms with Gasteiger partial charge in [-0.15, -0.1) is 0 Å². The Morgan fingerprint density at radius 1 is 1.67 bits per heavy atom. The molecule has 1 rings (SSSR count). The summed E-state index contributed by atoms with van der Waals surface area (Å²) in [7, 11) is 0. The van der Waals surface area contributed by atoms with Gasteiger partial charge in [0, 0.05) is 13.1 Å². The first-order chi connectivity index (χ1) is 5.70. The monoisotopic (exact) mass is 170 g/mol. The van der Waals surface area contributed by atoms with E-state index in [4.69, 9.17) is 4.74 Å². The van der Waals surface area contributed by atoms with E-state index in [-0.39, 0.29) is 5.57 Å². The lowest BCUT2D eigenvalue weighted by Gasteiger charge is -2.13. The molecule has 4 nitrogen and oxygen atoms in total. The second-order valence-corrected chi connectivity index (χ2v) is 2.80. The highest BCUT2D eigenvalue weighted by molar-refractivity contribution is 5.83. The molecular weight excluding hydrogens is 158 g/mol. The Labute approximate surface area is 71.4 Å². The third-order valence-corrected chi connectivity index (χ3v) is 1.84. The molecule has 0 saturated carbocycles. The number of carboxylic acid groups (broad SMARTS) is 1. The van der Waals surface area contributed by atoms with Crippen LogP contribution in [0.3, 0.4) is 0 Å². The lowest BCUT2D eigenvalue weighted by molar-refractivity contribution is -0.299. The van der Waals surface area contributed by atoms with Gasteiger partial charge in [0.1, 0.15) is 0 Å². The highest BCUT2D eigenvalue weighted by Gasteiger charge is 2.11. The van der Waals surface area contributed by atoms with Gasteiger partial charge in [0.15, 0.2) is 0 Å². The predicted octanol–water partition coefficient (Wildman–Crippen LogP) is -1.03. The third kappa shape index (κ3) is 2.64. The van der Waals surface area contributed by atoms with Gasteiger partial charge in [-0.1, -0.05) is 6.58 Å². The van der Waals surface area contributed by atoms with Crippen molar-refractivity contribution >= 4 is 5.97 Å². The Morgan fingerprint density at radius 2 is 2.42 bits per heavy atom. The van der Waals surface area contributed by atoms with Crippen LogP contribution in [0.15, 0.2) is 12.2 Å². The van der Waals surface area contributed by atoms with Crippen molar-refractivity contribution in [1.82, 2.24) is 4.90 Å². The number of carbonyl (C=O) groups excluding carboxylic acids is 1. The molecule has 4 heteroatoms. The number of aliphatic carboxylic acids is 1. The maximum atomic E-state index is 10.2. The van der Waals surface area contributed by atoms with Gasteiger partial charge >= 0.3 is 0 Å². The minimum absolute atomic E-state index is 0.155. The molecule has 0 aromatic heterocycles. The topological polar surface area (TPSA) is 52.6 Å². The van der Waals surface area contributed by atoms with Crippen molar-refractivity contribution < 1.29 is 14.6 Å². The van der Waals surface area contributed by atoms with E-state index in [1.807, 2.05) is 4.90 Å². The fourth-order valence-electron chi connectivity index (χ4n) is 1.02. The molecule has 0 bridgehead atoms. The summed E-state index contributed by atoms with van der Waals surface area (Å²) < 4.78 is 5.08. The molecule has 0 spiro atoms. The van der Waals surface area contributed by atoms with Gasteiger partial charge in [0.05, 0.1) is 19.3 Å². The van der Waals surface area contributed by atoms with Gasteiger partial charge in [0.25, 0.3) is 0 Å². The molecule has 0 unspecified atom stereocenters. The molecule has 68 valence electrons. The SMILES string of the molecule is C=C(CCN1CCOC1)C(=O)[O-]. The van der Waals surface area contributed by atoms with Gasteiger partial charge in [0.2, 0.25) is 0 Å². The molecule has 0 radical (unpaired) electrons. The van der Waals surface area contributed by atoms with Gasteiger partial charge in [-0.3, -0.25) is 4.90 Å². The van der Waals surface area contributed by atoms with Crippen molar-refractivity contribution in [1.29, 1.82) is 0 Å². The Hall–Kier alpha value is -0.870. The summed E-state index contributed by atoms with van der Waals surface area (Å²) in [6, 6.07) is 0. The van der Waals surface area contributed by atoms with E-state index in [0.717, 1.165) is 13.2 Å². The highest BCUT2D eigenvalue weighted by atomic mass is 16.5. The van der Waals surface area contributed by atoms with Crippen LogP contribution in [0.1, 0.15) is 6.42 Å². The van der Waals surface area contributed by atoms with Gasteiger partial charge < -0.3 is 14.6 Å². The Morgan fingerprint density at radius 3 is 2.92 bits per heavy atom. The van der Waals surface area contributed by atoms with Crippen molar-refractivity contribution in [3.05, 3.63) is 12.2 Å². The number of hydrogen-bond donors (Lipinski definition) is 0. The zero-order valence-electron chi connectivity index (χ0n) is 6.91. The first-order valence-electron chi connectivity index (χ1n) is 3.89. The molecule has 0 amide bonds. The molecular formula is C8H12NO3-. The van der Waals surface area contributed by atoms with Crippen LogP contribution in [0.5, 0.6) is 0 Å². The summed E-state index contributed by atoms with van der Waals surface area (Å²) in [5, 5.41) is 10.2. The van der Waals surface area contributed by atoms with Crippen LogP contribution in [0.25, 0.3) is 0 Å². The second kappa shape index (κ2) is 4.23. The van der Waals surface area contributed by atoms with Gasteiger partial charge in [-0.05, 0) is 12.0 Å². The fourth-order valence-corrected chi connectivity index (χ4v) is 1.02. The van der Waals surface area contributed by atoms with E-state index in [1.165, 1.54) is 0 Å². The zero-order valence-corrected chi connectivity index (χ0v) is 6.91. The number of ether oxygens (including phenoxy) is 1. The summed E-state index contributed by atoms with van der Waals surface area (Å²) in [6.07, 6.45) is 0.450. The van der Waals surface area contributed by atoms with E-state index in [0.29, 0.717) is 19.7 Å². The third-order valence-electron chi connectivity index (χ3n) is 1.84. The van der Waals surface area contributed by atoms with Crippen molar-refractivity contribution in [2.24, 2.45) is 0 Å². The van der Waals surface area contributed by atoms with Crippen LogP contribution in [-0.2, 0) is 9.53 Å². The largest absolute Gasteiger partial charge is 0.545 e. The molecule has 1 heterocycles. The van der Waals surface area contributed by atoms with E-state index < -0.39 is 5.97 Å². The minimum atomic E-state index is -1.16. The smallest absolute Gasteiger partial charge is 0.0991 e. The average Bonchev–Trinajstić information content (AvgIpc) is 2.51. The molecule has 1 saturated heterocycles. The van der Waals surface area contributed by atoms with E-state index in [2.05, 4.69) is 6.58 Å². The van der Waals surface area contributed by atoms with E-state index >= 15 is 0 Å². The molecule has 1 aliphatic rings. The molecule has 0 atom stereocenters. The number of nitrogens with zero attached hydrogens (tertiary/aromatic N) is 1. The van der Waals surface area contributed by atoms with Crippen LogP contribution in [0.2, 0.25) is 0 Å². The first-order valence-corrected chi connectivity index (χ1v) is 3.89. The van der Waals surface area contributed by atoms with Crippen molar-refractivity contribution in [3.63, 3.8) is 0 Å². The van der Waals surface area contributed by atoms with Crippen LogP contribution in [0, 0.1) is 0 Å². The van der Waals surface area contributed by atoms with Crippen LogP contribution in [0.4, 0.5) is 0 Å². The summed E-state index contributed by atoms with van der Waals surface area (Å²) in [6.45, 7) is 6.28.